The van der Waals surface area contributed by atoms with Crippen molar-refractivity contribution in [3.63, 3.8) is 0 Å². The Morgan fingerprint density at radius 1 is 1.16 bits per heavy atom. The molecule has 0 aliphatic carbocycles. The molecule has 3 aromatic rings. The van der Waals surface area contributed by atoms with E-state index in [4.69, 9.17) is 9.15 Å². The molecule has 0 radical (unpaired) electrons. The van der Waals surface area contributed by atoms with Crippen LogP contribution in [-0.4, -0.2) is 18.2 Å². The van der Waals surface area contributed by atoms with Gasteiger partial charge in [0.2, 0.25) is 5.43 Å². The van der Waals surface area contributed by atoms with E-state index in [1.54, 1.807) is 18.2 Å². The van der Waals surface area contributed by atoms with Gasteiger partial charge in [-0.1, -0.05) is 19.1 Å². The first-order chi connectivity index (χ1) is 12.2. The van der Waals surface area contributed by atoms with Crippen molar-refractivity contribution in [1.82, 2.24) is 4.90 Å². The first-order valence-corrected chi connectivity index (χ1v) is 8.36. The first-order valence-electron chi connectivity index (χ1n) is 8.36. The zero-order chi connectivity index (χ0) is 17.4. The van der Waals surface area contributed by atoms with Gasteiger partial charge < -0.3 is 9.15 Å². The van der Waals surface area contributed by atoms with E-state index in [0.29, 0.717) is 35.4 Å². The molecule has 2 heterocycles. The van der Waals surface area contributed by atoms with Crippen LogP contribution in [0.5, 0.6) is 5.75 Å². The van der Waals surface area contributed by atoms with Gasteiger partial charge in [0.25, 0.3) is 0 Å². The van der Waals surface area contributed by atoms with Gasteiger partial charge in [0.15, 0.2) is 0 Å². The molecule has 2 aromatic carbocycles. The minimum atomic E-state index is -0.337. The minimum Gasteiger partial charge on any atom is -0.478 e. The SMILES string of the molecule is CCCN1COc2ccc3c(=O)c(-c4ccc(F)cc4)coc3c2C1. The van der Waals surface area contributed by atoms with Gasteiger partial charge in [0, 0.05) is 13.1 Å². The number of benzene rings is 2. The molecule has 1 aromatic heterocycles. The highest BCUT2D eigenvalue weighted by Crippen LogP contribution is 2.32. The number of ether oxygens (including phenoxy) is 1. The third-order valence-corrected chi connectivity index (χ3v) is 4.48. The second-order valence-electron chi connectivity index (χ2n) is 6.23. The van der Waals surface area contributed by atoms with Gasteiger partial charge in [-0.15, -0.1) is 0 Å². The maximum absolute atomic E-state index is 13.1. The average molecular weight is 339 g/mol. The normalized spacial score (nSPS) is 14.3. The second kappa shape index (κ2) is 6.33. The Labute approximate surface area is 144 Å². The highest BCUT2D eigenvalue weighted by Gasteiger charge is 2.22. The molecule has 0 fully saturated rings. The summed E-state index contributed by atoms with van der Waals surface area (Å²) in [6.45, 7) is 4.28. The molecular weight excluding hydrogens is 321 g/mol. The highest BCUT2D eigenvalue weighted by atomic mass is 19.1. The predicted octanol–water partition coefficient (Wildman–Crippen LogP) is 4.16. The molecule has 5 heteroatoms. The third kappa shape index (κ3) is 2.81. The van der Waals surface area contributed by atoms with Crippen LogP contribution in [0.2, 0.25) is 0 Å². The maximum Gasteiger partial charge on any atom is 0.200 e. The molecular formula is C20H18FNO3. The number of hydrogen-bond donors (Lipinski definition) is 0. The lowest BCUT2D eigenvalue weighted by atomic mass is 10.0. The Kier molecular flexibility index (Phi) is 4.01. The van der Waals surface area contributed by atoms with E-state index in [1.165, 1.54) is 18.4 Å². The Morgan fingerprint density at radius 3 is 2.72 bits per heavy atom. The van der Waals surface area contributed by atoms with E-state index in [-0.39, 0.29) is 11.2 Å². The Balaban J connectivity index is 1.84. The number of fused-ring (bicyclic) bond motifs is 3. The number of rotatable bonds is 3. The van der Waals surface area contributed by atoms with Crippen molar-refractivity contribution < 1.29 is 13.5 Å². The van der Waals surface area contributed by atoms with E-state index in [2.05, 4.69) is 11.8 Å². The van der Waals surface area contributed by atoms with Crippen LogP contribution >= 0.6 is 0 Å². The minimum absolute atomic E-state index is 0.122. The first kappa shape index (κ1) is 15.8. The van der Waals surface area contributed by atoms with Crippen molar-refractivity contribution >= 4 is 11.0 Å². The molecule has 4 rings (SSSR count). The van der Waals surface area contributed by atoms with Crippen LogP contribution in [-0.2, 0) is 6.54 Å². The van der Waals surface area contributed by atoms with Crippen molar-refractivity contribution in [1.29, 1.82) is 0 Å². The molecule has 0 atom stereocenters. The zero-order valence-corrected chi connectivity index (χ0v) is 13.9. The summed E-state index contributed by atoms with van der Waals surface area (Å²) in [5.74, 6) is 0.425. The maximum atomic E-state index is 13.1. The topological polar surface area (TPSA) is 42.7 Å². The van der Waals surface area contributed by atoms with E-state index in [0.717, 1.165) is 24.3 Å². The largest absolute Gasteiger partial charge is 0.478 e. The summed E-state index contributed by atoms with van der Waals surface area (Å²) >= 11 is 0. The lowest BCUT2D eigenvalue weighted by Crippen LogP contribution is -2.32. The van der Waals surface area contributed by atoms with Crippen LogP contribution in [0.1, 0.15) is 18.9 Å². The van der Waals surface area contributed by atoms with E-state index < -0.39 is 0 Å². The van der Waals surface area contributed by atoms with Gasteiger partial charge in [-0.05, 0) is 36.2 Å². The average Bonchev–Trinajstić information content (AvgIpc) is 2.63. The Bertz CT molecular complexity index is 979. The smallest absolute Gasteiger partial charge is 0.200 e. The van der Waals surface area contributed by atoms with Crippen LogP contribution in [0.3, 0.4) is 0 Å². The fraction of sp³-hybridized carbons (Fsp3) is 0.250. The van der Waals surface area contributed by atoms with Gasteiger partial charge in [-0.3, -0.25) is 9.69 Å². The van der Waals surface area contributed by atoms with Crippen LogP contribution in [0.25, 0.3) is 22.1 Å². The Morgan fingerprint density at radius 2 is 1.96 bits per heavy atom. The standard InChI is InChI=1S/C20H18FNO3/c1-2-9-22-10-16-18(25-12-22)8-7-15-19(23)17(11-24-20(15)16)13-3-5-14(21)6-4-13/h3-8,11H,2,9-10,12H2,1H3. The molecule has 25 heavy (non-hydrogen) atoms. The van der Waals surface area contributed by atoms with Crippen molar-refractivity contribution in [3.05, 3.63) is 64.3 Å². The van der Waals surface area contributed by atoms with Crippen molar-refractivity contribution in [2.24, 2.45) is 0 Å². The summed E-state index contributed by atoms with van der Waals surface area (Å²) < 4.78 is 24.7. The quantitative estimate of drug-likeness (QED) is 0.718. The van der Waals surface area contributed by atoms with Gasteiger partial charge in [0.05, 0.1) is 16.5 Å². The fourth-order valence-corrected chi connectivity index (χ4v) is 3.24. The lowest BCUT2D eigenvalue weighted by Gasteiger charge is -2.28. The fourth-order valence-electron chi connectivity index (χ4n) is 3.24. The third-order valence-electron chi connectivity index (χ3n) is 4.48. The Hall–Kier alpha value is -2.66. The molecule has 1 aliphatic heterocycles. The summed E-state index contributed by atoms with van der Waals surface area (Å²) in [7, 11) is 0. The molecule has 128 valence electrons. The molecule has 0 bridgehead atoms. The molecule has 0 saturated heterocycles. The number of nitrogens with zero attached hydrogens (tertiary/aromatic N) is 1. The van der Waals surface area contributed by atoms with Crippen molar-refractivity contribution in [3.8, 4) is 16.9 Å². The molecule has 0 amide bonds. The predicted molar refractivity (Wildman–Crippen MR) is 94.1 cm³/mol. The van der Waals surface area contributed by atoms with Gasteiger partial charge in [-0.25, -0.2) is 4.39 Å². The van der Waals surface area contributed by atoms with E-state index >= 15 is 0 Å². The van der Waals surface area contributed by atoms with Gasteiger partial charge in [-0.2, -0.15) is 0 Å². The second-order valence-corrected chi connectivity index (χ2v) is 6.23. The van der Waals surface area contributed by atoms with Gasteiger partial charge >= 0.3 is 0 Å². The summed E-state index contributed by atoms with van der Waals surface area (Å²) in [4.78, 5) is 15.1. The molecule has 0 saturated carbocycles. The molecule has 1 aliphatic rings. The molecule has 0 unspecified atom stereocenters. The van der Waals surface area contributed by atoms with Crippen molar-refractivity contribution in [2.45, 2.75) is 19.9 Å². The summed E-state index contributed by atoms with van der Waals surface area (Å²) in [6.07, 6.45) is 2.49. The van der Waals surface area contributed by atoms with Crippen LogP contribution < -0.4 is 10.2 Å². The van der Waals surface area contributed by atoms with E-state index in [9.17, 15) is 9.18 Å². The van der Waals surface area contributed by atoms with E-state index in [1.807, 2.05) is 6.07 Å². The zero-order valence-electron chi connectivity index (χ0n) is 13.9. The van der Waals surface area contributed by atoms with Crippen LogP contribution in [0.4, 0.5) is 4.39 Å². The van der Waals surface area contributed by atoms with Crippen molar-refractivity contribution in [2.75, 3.05) is 13.3 Å². The molecule has 0 N–H and O–H groups in total. The number of hydrogen-bond acceptors (Lipinski definition) is 4. The summed E-state index contributed by atoms with van der Waals surface area (Å²) in [5.41, 5.74) is 2.41. The summed E-state index contributed by atoms with van der Waals surface area (Å²) in [5, 5.41) is 0.516. The highest BCUT2D eigenvalue weighted by molar-refractivity contribution is 5.85. The van der Waals surface area contributed by atoms with Gasteiger partial charge in [0.1, 0.15) is 30.1 Å². The molecule has 0 spiro atoms. The lowest BCUT2D eigenvalue weighted by molar-refractivity contribution is 0.0958. The van der Waals surface area contributed by atoms with Crippen LogP contribution in [0, 0.1) is 5.82 Å². The van der Waals surface area contributed by atoms with Crippen LogP contribution in [0.15, 0.2) is 51.9 Å². The molecule has 4 nitrogen and oxygen atoms in total. The monoisotopic (exact) mass is 339 g/mol. The number of halogens is 1. The summed E-state index contributed by atoms with van der Waals surface area (Å²) in [6, 6.07) is 9.40.